The summed E-state index contributed by atoms with van der Waals surface area (Å²) in [4.78, 5) is 14.8. The molecule has 0 fully saturated rings. The van der Waals surface area contributed by atoms with E-state index in [9.17, 15) is 4.79 Å². The molecule has 1 aliphatic heterocycles. The number of para-hydroxylation sites is 1. The largest absolute Gasteiger partial charge is 0.497 e. The molecule has 1 amide bonds. The Kier molecular flexibility index (Phi) is 4.85. The summed E-state index contributed by atoms with van der Waals surface area (Å²) < 4.78 is 7.07. The van der Waals surface area contributed by atoms with Crippen molar-refractivity contribution >= 4 is 23.4 Å². The Balaban J connectivity index is 1.48. The van der Waals surface area contributed by atoms with Gasteiger partial charge in [0, 0.05) is 17.4 Å². The van der Waals surface area contributed by atoms with Crippen LogP contribution in [0.3, 0.4) is 0 Å². The molecule has 0 saturated heterocycles. The van der Waals surface area contributed by atoms with Crippen LogP contribution in [0.4, 0.5) is 5.69 Å². The number of hydrogen-bond acceptors (Lipinski definition) is 5. The highest BCUT2D eigenvalue weighted by atomic mass is 32.2. The van der Waals surface area contributed by atoms with Crippen molar-refractivity contribution < 1.29 is 9.53 Å². The third-order valence-electron chi connectivity index (χ3n) is 4.67. The number of fused-ring (bicyclic) bond motifs is 1. The summed E-state index contributed by atoms with van der Waals surface area (Å²) in [6, 6.07) is 15.9. The van der Waals surface area contributed by atoms with E-state index in [1.807, 2.05) is 51.9 Å². The maximum atomic E-state index is 12.9. The van der Waals surface area contributed by atoms with E-state index in [4.69, 9.17) is 4.74 Å². The zero-order valence-corrected chi connectivity index (χ0v) is 16.0. The highest BCUT2D eigenvalue weighted by Gasteiger charge is 2.30. The average Bonchev–Trinajstić information content (AvgIpc) is 3.29. The summed E-state index contributed by atoms with van der Waals surface area (Å²) in [5.74, 6) is 1.19. The molecular weight excluding hydrogens is 360 g/mol. The molecule has 2 aromatic carbocycles. The average molecular weight is 380 g/mol. The van der Waals surface area contributed by atoms with Crippen molar-refractivity contribution in [2.24, 2.45) is 0 Å². The number of thioether (sulfide) groups is 1. The third kappa shape index (κ3) is 3.42. The second-order valence-corrected chi connectivity index (χ2v) is 7.36. The normalized spacial score (nSPS) is 15.6. The Hall–Kier alpha value is -2.80. The summed E-state index contributed by atoms with van der Waals surface area (Å²) in [6.07, 6.45) is 2.55. The Bertz CT molecular complexity index is 955. The first kappa shape index (κ1) is 17.6. The highest BCUT2D eigenvalue weighted by Crippen LogP contribution is 2.33. The van der Waals surface area contributed by atoms with Crippen LogP contribution < -0.4 is 9.64 Å². The van der Waals surface area contributed by atoms with Crippen molar-refractivity contribution in [3.63, 3.8) is 0 Å². The number of hydrogen-bond donors (Lipinski definition) is 0. The van der Waals surface area contributed by atoms with E-state index < -0.39 is 0 Å². The fourth-order valence-corrected chi connectivity index (χ4v) is 4.17. The number of anilines is 1. The summed E-state index contributed by atoms with van der Waals surface area (Å²) in [5, 5.41) is 8.86. The molecule has 0 N–H and O–H groups in total. The Morgan fingerprint density at radius 1 is 1.22 bits per heavy atom. The lowest BCUT2D eigenvalue weighted by atomic mass is 10.1. The monoisotopic (exact) mass is 380 g/mol. The van der Waals surface area contributed by atoms with Gasteiger partial charge in [0.1, 0.15) is 12.1 Å². The number of benzene rings is 2. The van der Waals surface area contributed by atoms with Crippen LogP contribution in [0.5, 0.6) is 5.75 Å². The molecule has 2 heterocycles. The molecule has 1 unspecified atom stereocenters. The van der Waals surface area contributed by atoms with Gasteiger partial charge in [0.25, 0.3) is 0 Å². The summed E-state index contributed by atoms with van der Waals surface area (Å²) in [7, 11) is 1.64. The molecule has 1 aliphatic rings. The van der Waals surface area contributed by atoms with E-state index in [0.717, 1.165) is 23.5 Å². The molecule has 0 radical (unpaired) electrons. The number of amides is 1. The van der Waals surface area contributed by atoms with Crippen molar-refractivity contribution in [1.29, 1.82) is 0 Å². The molecule has 4 rings (SSSR count). The van der Waals surface area contributed by atoms with Gasteiger partial charge in [0.2, 0.25) is 5.91 Å². The first-order chi connectivity index (χ1) is 13.2. The van der Waals surface area contributed by atoms with Gasteiger partial charge in [-0.2, -0.15) is 0 Å². The fraction of sp³-hybridized carbons (Fsp3) is 0.250. The molecule has 0 bridgehead atoms. The molecule has 0 aliphatic carbocycles. The van der Waals surface area contributed by atoms with Crippen molar-refractivity contribution in [2.75, 3.05) is 17.8 Å². The molecule has 1 atom stereocenters. The number of rotatable bonds is 5. The Labute approximate surface area is 162 Å². The topological polar surface area (TPSA) is 60.2 Å². The third-order valence-corrected chi connectivity index (χ3v) is 5.60. The van der Waals surface area contributed by atoms with Crippen molar-refractivity contribution in [1.82, 2.24) is 14.8 Å². The summed E-state index contributed by atoms with van der Waals surface area (Å²) in [5.41, 5.74) is 3.17. The van der Waals surface area contributed by atoms with Crippen molar-refractivity contribution in [3.05, 3.63) is 60.4 Å². The lowest BCUT2D eigenvalue weighted by molar-refractivity contribution is -0.116. The predicted molar refractivity (Wildman–Crippen MR) is 106 cm³/mol. The second-order valence-electron chi connectivity index (χ2n) is 6.42. The Morgan fingerprint density at radius 2 is 2.00 bits per heavy atom. The lowest BCUT2D eigenvalue weighted by Gasteiger charge is -2.22. The predicted octanol–water partition coefficient (Wildman–Crippen LogP) is 3.35. The molecule has 0 spiro atoms. The van der Waals surface area contributed by atoms with Gasteiger partial charge in [-0.05, 0) is 49.2 Å². The number of ether oxygens (including phenoxy) is 1. The van der Waals surface area contributed by atoms with Gasteiger partial charge >= 0.3 is 0 Å². The molecule has 3 aromatic rings. The van der Waals surface area contributed by atoms with E-state index >= 15 is 0 Å². The van der Waals surface area contributed by atoms with E-state index in [0.29, 0.717) is 10.9 Å². The van der Waals surface area contributed by atoms with E-state index in [-0.39, 0.29) is 11.9 Å². The van der Waals surface area contributed by atoms with Gasteiger partial charge in [0.05, 0.1) is 12.9 Å². The molecule has 0 saturated carbocycles. The van der Waals surface area contributed by atoms with Gasteiger partial charge in [0.15, 0.2) is 5.16 Å². The number of carbonyl (C=O) groups is 1. The van der Waals surface area contributed by atoms with Crippen LogP contribution in [-0.2, 0) is 11.2 Å². The van der Waals surface area contributed by atoms with Crippen LogP contribution in [0.15, 0.2) is 60.0 Å². The zero-order chi connectivity index (χ0) is 18.8. The minimum atomic E-state index is 0.0849. The van der Waals surface area contributed by atoms with Crippen molar-refractivity contribution in [2.45, 2.75) is 24.5 Å². The number of methoxy groups -OCH3 is 1. The van der Waals surface area contributed by atoms with Gasteiger partial charge < -0.3 is 9.64 Å². The zero-order valence-electron chi connectivity index (χ0n) is 15.2. The van der Waals surface area contributed by atoms with Crippen LogP contribution >= 0.6 is 11.8 Å². The smallest absolute Gasteiger partial charge is 0.237 e. The minimum absolute atomic E-state index is 0.0849. The molecule has 27 heavy (non-hydrogen) atoms. The maximum Gasteiger partial charge on any atom is 0.237 e. The molecule has 7 heteroatoms. The van der Waals surface area contributed by atoms with Gasteiger partial charge in [-0.3, -0.25) is 9.36 Å². The van der Waals surface area contributed by atoms with Gasteiger partial charge in [-0.25, -0.2) is 0 Å². The van der Waals surface area contributed by atoms with E-state index in [2.05, 4.69) is 23.2 Å². The first-order valence-corrected chi connectivity index (χ1v) is 9.73. The van der Waals surface area contributed by atoms with Crippen LogP contribution in [0.2, 0.25) is 0 Å². The Morgan fingerprint density at radius 3 is 2.78 bits per heavy atom. The quantitative estimate of drug-likeness (QED) is 0.636. The van der Waals surface area contributed by atoms with Crippen LogP contribution in [0, 0.1) is 0 Å². The van der Waals surface area contributed by atoms with Crippen LogP contribution in [0.1, 0.15) is 12.5 Å². The summed E-state index contributed by atoms with van der Waals surface area (Å²) >= 11 is 1.40. The number of nitrogens with zero attached hydrogens (tertiary/aromatic N) is 4. The maximum absolute atomic E-state index is 12.9. The first-order valence-electron chi connectivity index (χ1n) is 8.74. The lowest BCUT2D eigenvalue weighted by Crippen LogP contribution is -2.37. The minimum Gasteiger partial charge on any atom is -0.497 e. The molecule has 1 aromatic heterocycles. The highest BCUT2D eigenvalue weighted by molar-refractivity contribution is 7.99. The van der Waals surface area contributed by atoms with E-state index in [1.165, 1.54) is 17.3 Å². The molecular formula is C20H20N4O2S. The molecule has 6 nitrogen and oxygen atoms in total. The van der Waals surface area contributed by atoms with Crippen molar-refractivity contribution in [3.8, 4) is 11.4 Å². The van der Waals surface area contributed by atoms with Gasteiger partial charge in [-0.1, -0.05) is 30.0 Å². The van der Waals surface area contributed by atoms with E-state index in [1.54, 1.807) is 13.4 Å². The SMILES string of the molecule is COc1ccc(-n2cnnc2SCC(=O)N2c3ccccc3CC2C)cc1. The van der Waals surface area contributed by atoms with Gasteiger partial charge in [-0.15, -0.1) is 10.2 Å². The number of aromatic nitrogens is 3. The summed E-state index contributed by atoms with van der Waals surface area (Å²) in [6.45, 7) is 2.09. The standard InChI is InChI=1S/C20H20N4O2S/c1-14-11-15-5-3-4-6-18(15)24(14)19(25)12-27-20-22-21-13-23(20)16-7-9-17(26-2)10-8-16/h3-10,13-14H,11-12H2,1-2H3. The number of carbonyl (C=O) groups excluding carboxylic acids is 1. The van der Waals surface area contributed by atoms with Crippen LogP contribution in [0.25, 0.3) is 5.69 Å². The fourth-order valence-electron chi connectivity index (χ4n) is 3.38. The molecule has 138 valence electrons. The second kappa shape index (κ2) is 7.44. The van der Waals surface area contributed by atoms with Crippen LogP contribution in [-0.4, -0.2) is 39.6 Å².